The molecule has 0 bridgehead atoms. The van der Waals surface area contributed by atoms with E-state index >= 15 is 0 Å². The molecule has 3 aliphatic carbocycles. The van der Waals surface area contributed by atoms with E-state index in [2.05, 4.69) is 10.3 Å². The molecule has 9 nitrogen and oxygen atoms in total. The van der Waals surface area contributed by atoms with Crippen LogP contribution in [-0.4, -0.2) is 56.3 Å². The minimum Gasteiger partial charge on any atom is -0.490 e. The van der Waals surface area contributed by atoms with Gasteiger partial charge >= 0.3 is 12.1 Å². The zero-order chi connectivity index (χ0) is 24.5. The van der Waals surface area contributed by atoms with Crippen molar-refractivity contribution in [3.8, 4) is 17.0 Å². The van der Waals surface area contributed by atoms with Crippen molar-refractivity contribution in [3.63, 3.8) is 0 Å². The summed E-state index contributed by atoms with van der Waals surface area (Å²) in [4.78, 5) is 25.9. The van der Waals surface area contributed by atoms with Crippen molar-refractivity contribution in [2.75, 3.05) is 7.05 Å². The Balaban J connectivity index is 1.21. The Kier molecular flexibility index (Phi) is 6.67. The van der Waals surface area contributed by atoms with Crippen molar-refractivity contribution in [3.05, 3.63) is 30.0 Å². The number of benzene rings is 1. The first-order valence-electron chi connectivity index (χ1n) is 12.7. The molecule has 2 aromatic rings. The molecule has 1 aromatic heterocycles. The van der Waals surface area contributed by atoms with Crippen LogP contribution in [0.4, 0.5) is 4.79 Å². The summed E-state index contributed by atoms with van der Waals surface area (Å²) in [7, 11) is 3.65. The molecular weight excluding hydrogens is 448 g/mol. The van der Waals surface area contributed by atoms with Crippen LogP contribution in [0.25, 0.3) is 11.3 Å². The van der Waals surface area contributed by atoms with Gasteiger partial charge in [0.05, 0.1) is 12.0 Å². The first kappa shape index (κ1) is 23.6. The fraction of sp³-hybridized carbons (Fsp3) is 0.615. The molecule has 1 N–H and O–H groups in total. The third kappa shape index (κ3) is 5.44. The van der Waals surface area contributed by atoms with Gasteiger partial charge in [-0.2, -0.15) is 0 Å². The molecule has 0 unspecified atom stereocenters. The van der Waals surface area contributed by atoms with Crippen LogP contribution in [0.5, 0.6) is 5.75 Å². The molecule has 2 atom stereocenters. The highest BCUT2D eigenvalue weighted by Gasteiger charge is 2.45. The zero-order valence-electron chi connectivity index (χ0n) is 20.4. The molecule has 0 radical (unpaired) electrons. The number of carbonyl (C=O) groups is 2. The lowest BCUT2D eigenvalue weighted by atomic mass is 9.87. The molecule has 0 saturated heterocycles. The summed E-state index contributed by atoms with van der Waals surface area (Å²) in [5.41, 5.74) is 2.25. The number of amides is 1. The monoisotopic (exact) mass is 482 g/mol. The van der Waals surface area contributed by atoms with E-state index < -0.39 is 5.97 Å². The molecule has 1 aromatic carbocycles. The Morgan fingerprint density at radius 2 is 1.80 bits per heavy atom. The van der Waals surface area contributed by atoms with Crippen LogP contribution >= 0.6 is 0 Å². The Bertz CT molecular complexity index is 1050. The van der Waals surface area contributed by atoms with Crippen molar-refractivity contribution in [2.45, 2.75) is 70.1 Å². The predicted octanol–water partition coefficient (Wildman–Crippen LogP) is 4.26. The number of ether oxygens (including phenoxy) is 2. The smallest absolute Gasteiger partial charge is 0.410 e. The standard InChI is InChI=1S/C26H34N4O5/c1-29(24(17-6-7-17)18-8-9-18)26(33)34-15-22-23(27-28-30(22)2)16-10-12-20(13-11-16)35-21-5-3-4-19(14-21)25(31)32/h10-13,17-19,21,24H,3-9,14-15H2,1-2H3,(H,31,32)/t19-,21-/m0/s1. The molecule has 1 heterocycles. The maximum Gasteiger partial charge on any atom is 0.410 e. The Morgan fingerprint density at radius 1 is 1.11 bits per heavy atom. The molecular formula is C26H34N4O5. The van der Waals surface area contributed by atoms with Gasteiger partial charge < -0.3 is 19.5 Å². The number of carboxylic acid groups (broad SMARTS) is 1. The number of nitrogens with zero attached hydrogens (tertiary/aromatic N) is 4. The summed E-state index contributed by atoms with van der Waals surface area (Å²) in [6.45, 7) is 0.0982. The fourth-order valence-corrected chi connectivity index (χ4v) is 5.37. The first-order chi connectivity index (χ1) is 16.9. The third-order valence-electron chi connectivity index (χ3n) is 7.63. The largest absolute Gasteiger partial charge is 0.490 e. The van der Waals surface area contributed by atoms with Crippen LogP contribution in [0.3, 0.4) is 0 Å². The van der Waals surface area contributed by atoms with Gasteiger partial charge in [-0.25, -0.2) is 9.48 Å². The van der Waals surface area contributed by atoms with Crippen LogP contribution in [0.15, 0.2) is 24.3 Å². The van der Waals surface area contributed by atoms with E-state index in [9.17, 15) is 14.7 Å². The molecule has 35 heavy (non-hydrogen) atoms. The van der Waals surface area contributed by atoms with Gasteiger partial charge in [0, 0.05) is 25.7 Å². The summed E-state index contributed by atoms with van der Waals surface area (Å²) in [5, 5.41) is 17.7. The first-order valence-corrected chi connectivity index (χ1v) is 12.7. The lowest BCUT2D eigenvalue weighted by molar-refractivity contribution is -0.143. The average Bonchev–Trinajstić information content (AvgIpc) is 3.79. The highest BCUT2D eigenvalue weighted by atomic mass is 16.6. The minimum absolute atomic E-state index is 0.0886. The zero-order valence-corrected chi connectivity index (χ0v) is 20.4. The lowest BCUT2D eigenvalue weighted by Gasteiger charge is -2.27. The highest BCUT2D eigenvalue weighted by molar-refractivity contribution is 5.70. The van der Waals surface area contributed by atoms with Gasteiger partial charge in [-0.05, 0) is 87.5 Å². The molecule has 3 fully saturated rings. The average molecular weight is 483 g/mol. The van der Waals surface area contributed by atoms with Gasteiger partial charge in [0.1, 0.15) is 23.7 Å². The summed E-state index contributed by atoms with van der Waals surface area (Å²) in [5.74, 6) is 0.873. The Morgan fingerprint density at radius 3 is 2.43 bits per heavy atom. The van der Waals surface area contributed by atoms with Crippen LogP contribution in [0, 0.1) is 17.8 Å². The van der Waals surface area contributed by atoms with Crippen LogP contribution in [0.1, 0.15) is 57.1 Å². The van der Waals surface area contributed by atoms with E-state index in [1.54, 1.807) is 16.6 Å². The van der Waals surface area contributed by atoms with Crippen molar-refractivity contribution in [1.82, 2.24) is 19.9 Å². The fourth-order valence-electron chi connectivity index (χ4n) is 5.37. The predicted molar refractivity (Wildman–Crippen MR) is 128 cm³/mol. The normalized spacial score (nSPS) is 22.1. The second-order valence-corrected chi connectivity index (χ2v) is 10.3. The minimum atomic E-state index is -0.744. The number of carbonyl (C=O) groups excluding carboxylic acids is 1. The van der Waals surface area contributed by atoms with Crippen LogP contribution in [0.2, 0.25) is 0 Å². The van der Waals surface area contributed by atoms with Gasteiger partial charge in [0.25, 0.3) is 0 Å². The summed E-state index contributed by atoms with van der Waals surface area (Å²) in [6, 6.07) is 7.85. The second-order valence-electron chi connectivity index (χ2n) is 10.3. The third-order valence-corrected chi connectivity index (χ3v) is 7.63. The lowest BCUT2D eigenvalue weighted by Crippen LogP contribution is -2.40. The SMILES string of the molecule is CN(C(=O)OCc1c(-c2ccc(O[C@H]3CCC[C@H](C(=O)O)C3)cc2)nnn1C)C(C1CC1)C1CC1. The Hall–Kier alpha value is -3.10. The van der Waals surface area contributed by atoms with Crippen molar-refractivity contribution in [2.24, 2.45) is 24.8 Å². The summed E-state index contributed by atoms with van der Waals surface area (Å²) in [6.07, 6.45) is 7.40. The summed E-state index contributed by atoms with van der Waals surface area (Å²) < 4.78 is 13.4. The molecule has 0 spiro atoms. The van der Waals surface area contributed by atoms with Gasteiger partial charge in [-0.15, -0.1) is 5.10 Å². The van der Waals surface area contributed by atoms with E-state index in [0.29, 0.717) is 42.2 Å². The number of hydrogen-bond donors (Lipinski definition) is 1. The van der Waals surface area contributed by atoms with E-state index in [-0.39, 0.29) is 24.7 Å². The molecule has 1 amide bonds. The molecule has 3 aliphatic rings. The van der Waals surface area contributed by atoms with Gasteiger partial charge in [-0.1, -0.05) is 5.21 Å². The van der Waals surface area contributed by atoms with Crippen molar-refractivity contribution < 1.29 is 24.2 Å². The maximum absolute atomic E-state index is 12.8. The van der Waals surface area contributed by atoms with Crippen LogP contribution in [-0.2, 0) is 23.2 Å². The van der Waals surface area contributed by atoms with E-state index in [4.69, 9.17) is 9.47 Å². The quantitative estimate of drug-likeness (QED) is 0.569. The maximum atomic E-state index is 12.8. The molecule has 5 rings (SSSR count). The summed E-state index contributed by atoms with van der Waals surface area (Å²) >= 11 is 0. The molecule has 0 aliphatic heterocycles. The topological polar surface area (TPSA) is 107 Å². The van der Waals surface area contributed by atoms with E-state index in [1.807, 2.05) is 31.3 Å². The number of aryl methyl sites for hydroxylation is 1. The number of hydrogen-bond acceptors (Lipinski definition) is 6. The number of rotatable bonds is 9. The van der Waals surface area contributed by atoms with Gasteiger partial charge in [-0.3, -0.25) is 4.79 Å². The van der Waals surface area contributed by atoms with E-state index in [1.165, 1.54) is 25.7 Å². The number of aromatic nitrogens is 3. The van der Waals surface area contributed by atoms with Gasteiger partial charge in [0.15, 0.2) is 0 Å². The van der Waals surface area contributed by atoms with Crippen LogP contribution < -0.4 is 4.74 Å². The number of aliphatic carboxylic acids is 1. The molecule has 188 valence electrons. The molecule has 9 heteroatoms. The van der Waals surface area contributed by atoms with Gasteiger partial charge in [0.2, 0.25) is 0 Å². The highest BCUT2D eigenvalue weighted by Crippen LogP contribution is 2.47. The second kappa shape index (κ2) is 9.87. The van der Waals surface area contributed by atoms with Crippen molar-refractivity contribution in [1.29, 1.82) is 0 Å². The van der Waals surface area contributed by atoms with Crippen molar-refractivity contribution >= 4 is 12.1 Å². The van der Waals surface area contributed by atoms with E-state index in [0.717, 1.165) is 24.1 Å². The number of carboxylic acids is 1. The Labute approximate surface area is 205 Å². The molecule has 3 saturated carbocycles.